The Balaban J connectivity index is 1.54. The molecule has 2 aromatic rings. The second kappa shape index (κ2) is 8.22. The van der Waals surface area contributed by atoms with E-state index in [1.54, 1.807) is 23.2 Å². The number of fused-ring (bicyclic) bond motifs is 1. The molecule has 4 rings (SSSR count). The molecule has 0 saturated heterocycles. The van der Waals surface area contributed by atoms with Crippen molar-refractivity contribution in [1.29, 1.82) is 0 Å². The van der Waals surface area contributed by atoms with Crippen molar-refractivity contribution in [2.45, 2.75) is 64.2 Å². The van der Waals surface area contributed by atoms with Crippen molar-refractivity contribution >= 4 is 29.1 Å². The number of hydrogen-bond acceptors (Lipinski definition) is 5. The summed E-state index contributed by atoms with van der Waals surface area (Å²) in [5, 5.41) is 12.3. The number of rotatable bonds is 6. The predicted octanol–water partition coefficient (Wildman–Crippen LogP) is 2.17. The lowest BCUT2D eigenvalue weighted by atomic mass is 9.94. The quantitative estimate of drug-likeness (QED) is 0.736. The molecule has 2 aliphatic rings. The van der Waals surface area contributed by atoms with Gasteiger partial charge in [-0.05, 0) is 38.1 Å². The molecule has 1 saturated carbocycles. The van der Waals surface area contributed by atoms with Crippen molar-refractivity contribution < 1.29 is 14.4 Å². The van der Waals surface area contributed by atoms with Crippen LogP contribution in [0.15, 0.2) is 23.6 Å². The summed E-state index contributed by atoms with van der Waals surface area (Å²) < 4.78 is 1.50. The van der Waals surface area contributed by atoms with Crippen LogP contribution < -0.4 is 10.6 Å². The number of aromatic nitrogens is 2. The Morgan fingerprint density at radius 3 is 2.77 bits per heavy atom. The average Bonchev–Trinajstić information content (AvgIpc) is 3.48. The predicted molar refractivity (Wildman–Crippen MR) is 113 cm³/mol. The molecular formula is C21H27N5O3S. The smallest absolute Gasteiger partial charge is 0.273 e. The van der Waals surface area contributed by atoms with E-state index in [1.807, 2.05) is 24.4 Å². The number of hydrogen-bond donors (Lipinski definition) is 2. The first-order chi connectivity index (χ1) is 14.4. The summed E-state index contributed by atoms with van der Waals surface area (Å²) >= 11 is 1.56. The molecule has 0 aromatic carbocycles. The molecule has 30 heavy (non-hydrogen) atoms. The highest BCUT2D eigenvalue weighted by atomic mass is 32.1. The van der Waals surface area contributed by atoms with Crippen LogP contribution in [0.5, 0.6) is 0 Å². The standard InChI is InChI=1S/C21H27N5O3S/c1-3-25-19(28)17-11-16(18(27)22-12-15-9-6-10-30-15)24-26(17)13-21(25,2)20(29)23-14-7-4-5-8-14/h6,9-11,14H,3-5,7-8,12-13H2,1-2H3,(H,22,27)(H,23,29)/t21-/m0/s1. The third kappa shape index (κ3) is 3.74. The molecule has 1 fully saturated rings. The van der Waals surface area contributed by atoms with Crippen molar-refractivity contribution in [3.8, 4) is 0 Å². The molecule has 1 aliphatic heterocycles. The molecule has 0 bridgehead atoms. The van der Waals surface area contributed by atoms with Gasteiger partial charge < -0.3 is 15.5 Å². The molecule has 9 heteroatoms. The summed E-state index contributed by atoms with van der Waals surface area (Å²) in [6.07, 6.45) is 4.18. The summed E-state index contributed by atoms with van der Waals surface area (Å²) in [6.45, 7) is 4.67. The Morgan fingerprint density at radius 2 is 2.10 bits per heavy atom. The fourth-order valence-electron chi connectivity index (χ4n) is 4.33. The van der Waals surface area contributed by atoms with E-state index in [2.05, 4.69) is 15.7 Å². The summed E-state index contributed by atoms with van der Waals surface area (Å²) in [5.74, 6) is -0.773. The average molecular weight is 430 g/mol. The molecule has 1 aliphatic carbocycles. The van der Waals surface area contributed by atoms with Gasteiger partial charge >= 0.3 is 0 Å². The van der Waals surface area contributed by atoms with Gasteiger partial charge in [-0.2, -0.15) is 5.10 Å². The lowest BCUT2D eigenvalue weighted by Crippen LogP contribution is -2.64. The van der Waals surface area contributed by atoms with Crippen LogP contribution in [0.3, 0.4) is 0 Å². The van der Waals surface area contributed by atoms with Gasteiger partial charge in [0.15, 0.2) is 5.69 Å². The van der Waals surface area contributed by atoms with Crippen LogP contribution in [0, 0.1) is 0 Å². The first kappa shape index (κ1) is 20.6. The maximum absolute atomic E-state index is 13.2. The zero-order chi connectivity index (χ0) is 21.3. The number of likely N-dealkylation sites (N-methyl/N-ethyl adjacent to an activating group) is 1. The van der Waals surface area contributed by atoms with Gasteiger partial charge in [0.05, 0.1) is 13.1 Å². The topological polar surface area (TPSA) is 96.3 Å². The maximum Gasteiger partial charge on any atom is 0.273 e. The number of thiophene rings is 1. The Bertz CT molecular complexity index is 948. The van der Waals surface area contributed by atoms with Crippen LogP contribution in [0.4, 0.5) is 0 Å². The number of carbonyl (C=O) groups excluding carboxylic acids is 3. The number of carbonyl (C=O) groups is 3. The van der Waals surface area contributed by atoms with Crippen molar-refractivity contribution in [2.75, 3.05) is 6.54 Å². The molecule has 8 nitrogen and oxygen atoms in total. The minimum absolute atomic E-state index is 0.158. The molecule has 2 aromatic heterocycles. The first-order valence-corrected chi connectivity index (χ1v) is 11.3. The summed E-state index contributed by atoms with van der Waals surface area (Å²) in [7, 11) is 0. The van der Waals surface area contributed by atoms with E-state index in [0.717, 1.165) is 30.6 Å². The number of nitrogens with zero attached hydrogens (tertiary/aromatic N) is 3. The Morgan fingerprint density at radius 1 is 1.33 bits per heavy atom. The van der Waals surface area contributed by atoms with E-state index in [9.17, 15) is 14.4 Å². The van der Waals surface area contributed by atoms with Gasteiger partial charge in [0, 0.05) is 23.5 Å². The Hall–Kier alpha value is -2.68. The van der Waals surface area contributed by atoms with E-state index in [4.69, 9.17) is 0 Å². The molecular weight excluding hydrogens is 402 g/mol. The highest BCUT2D eigenvalue weighted by Crippen LogP contribution is 2.28. The van der Waals surface area contributed by atoms with E-state index < -0.39 is 5.54 Å². The van der Waals surface area contributed by atoms with Gasteiger partial charge in [-0.3, -0.25) is 19.1 Å². The van der Waals surface area contributed by atoms with Crippen LogP contribution >= 0.6 is 11.3 Å². The zero-order valence-electron chi connectivity index (χ0n) is 17.3. The van der Waals surface area contributed by atoms with E-state index in [-0.39, 0.29) is 36.0 Å². The highest BCUT2D eigenvalue weighted by Gasteiger charge is 2.48. The maximum atomic E-state index is 13.2. The second-order valence-corrected chi connectivity index (χ2v) is 9.14. The normalized spacial score (nSPS) is 21.5. The fraction of sp³-hybridized carbons (Fsp3) is 0.524. The molecule has 160 valence electrons. The molecule has 0 spiro atoms. The lowest BCUT2D eigenvalue weighted by Gasteiger charge is -2.43. The third-order valence-electron chi connectivity index (χ3n) is 6.03. The van der Waals surface area contributed by atoms with E-state index in [1.165, 1.54) is 10.7 Å². The molecule has 1 atom stereocenters. The van der Waals surface area contributed by atoms with Gasteiger partial charge in [-0.25, -0.2) is 0 Å². The van der Waals surface area contributed by atoms with Gasteiger partial charge in [-0.1, -0.05) is 18.9 Å². The molecule has 0 unspecified atom stereocenters. The van der Waals surface area contributed by atoms with Gasteiger partial charge in [0.2, 0.25) is 5.91 Å². The van der Waals surface area contributed by atoms with Crippen LogP contribution in [0.2, 0.25) is 0 Å². The number of amides is 3. The van der Waals surface area contributed by atoms with Gasteiger partial charge in [0.25, 0.3) is 11.8 Å². The summed E-state index contributed by atoms with van der Waals surface area (Å²) in [4.78, 5) is 41.5. The van der Waals surface area contributed by atoms with E-state index >= 15 is 0 Å². The minimum atomic E-state index is -1.04. The van der Waals surface area contributed by atoms with Crippen molar-refractivity contribution in [3.63, 3.8) is 0 Å². The largest absolute Gasteiger partial charge is 0.351 e. The number of nitrogens with one attached hydrogen (secondary N) is 2. The van der Waals surface area contributed by atoms with Crippen LogP contribution in [0.25, 0.3) is 0 Å². The van der Waals surface area contributed by atoms with Gasteiger partial charge in [0.1, 0.15) is 11.2 Å². The SMILES string of the molecule is CCN1C(=O)c2cc(C(=O)NCc3cccs3)nn2C[C@@]1(C)C(=O)NC1CCCC1. The Kier molecular flexibility index (Phi) is 5.64. The summed E-state index contributed by atoms with van der Waals surface area (Å²) in [6, 6.07) is 5.56. The zero-order valence-corrected chi connectivity index (χ0v) is 18.1. The third-order valence-corrected chi connectivity index (χ3v) is 6.91. The van der Waals surface area contributed by atoms with E-state index in [0.29, 0.717) is 18.8 Å². The van der Waals surface area contributed by atoms with Crippen LogP contribution in [-0.2, 0) is 17.9 Å². The second-order valence-electron chi connectivity index (χ2n) is 8.11. The minimum Gasteiger partial charge on any atom is -0.351 e. The van der Waals surface area contributed by atoms with Crippen molar-refractivity contribution in [1.82, 2.24) is 25.3 Å². The van der Waals surface area contributed by atoms with Crippen molar-refractivity contribution in [2.24, 2.45) is 0 Å². The fourth-order valence-corrected chi connectivity index (χ4v) is 4.97. The van der Waals surface area contributed by atoms with Crippen LogP contribution in [-0.4, -0.2) is 50.5 Å². The molecule has 3 heterocycles. The molecule has 3 amide bonds. The monoisotopic (exact) mass is 429 g/mol. The Labute approximate surface area is 179 Å². The molecule has 0 radical (unpaired) electrons. The lowest BCUT2D eigenvalue weighted by molar-refractivity contribution is -0.133. The highest BCUT2D eigenvalue weighted by molar-refractivity contribution is 7.09. The van der Waals surface area contributed by atoms with Gasteiger partial charge in [-0.15, -0.1) is 11.3 Å². The molecule has 2 N–H and O–H groups in total. The summed E-state index contributed by atoms with van der Waals surface area (Å²) in [5.41, 5.74) is -0.520. The van der Waals surface area contributed by atoms with Crippen molar-refractivity contribution in [3.05, 3.63) is 39.8 Å². The van der Waals surface area contributed by atoms with Crippen LogP contribution in [0.1, 0.15) is 65.4 Å². The first-order valence-electron chi connectivity index (χ1n) is 10.4.